The maximum atomic E-state index is 13.0. The zero-order chi connectivity index (χ0) is 15.0. The van der Waals surface area contributed by atoms with Crippen LogP contribution in [-0.2, 0) is 5.60 Å². The van der Waals surface area contributed by atoms with Crippen molar-refractivity contribution in [3.63, 3.8) is 0 Å². The fraction of sp³-hybridized carbons (Fsp3) is 0.538. The van der Waals surface area contributed by atoms with Crippen LogP contribution in [-0.4, -0.2) is 17.9 Å². The molecule has 19 heavy (non-hydrogen) atoms. The van der Waals surface area contributed by atoms with Crippen LogP contribution in [0.25, 0.3) is 0 Å². The average Bonchev–Trinajstić information content (AvgIpc) is 2.24. The Morgan fingerprint density at radius 3 is 2.26 bits per heavy atom. The maximum absolute atomic E-state index is 13.0. The second-order valence-corrected chi connectivity index (χ2v) is 4.89. The molecule has 0 aliphatic rings. The van der Waals surface area contributed by atoms with E-state index in [1.807, 2.05) is 0 Å². The molecule has 0 spiro atoms. The van der Waals surface area contributed by atoms with Gasteiger partial charge in [0, 0.05) is 10.6 Å². The van der Waals surface area contributed by atoms with Gasteiger partial charge in [0.2, 0.25) is 0 Å². The standard InChI is InChI=1S/C13H16ClF3O2/c1-5-19-9-6-7(2)11(14)8(3)10(9)12(4,18)13(15,16)17/h6,18H,5H2,1-4H3. The number of ether oxygens (including phenoxy) is 1. The molecular formula is C13H16ClF3O2. The normalized spacial score (nSPS) is 15.2. The van der Waals surface area contributed by atoms with Gasteiger partial charge in [-0.15, -0.1) is 0 Å². The van der Waals surface area contributed by atoms with E-state index >= 15 is 0 Å². The summed E-state index contributed by atoms with van der Waals surface area (Å²) in [6, 6.07) is 1.41. The number of benzene rings is 1. The third-order valence-electron chi connectivity index (χ3n) is 2.98. The highest BCUT2D eigenvalue weighted by Crippen LogP contribution is 2.46. The topological polar surface area (TPSA) is 29.5 Å². The molecule has 1 aromatic carbocycles. The van der Waals surface area contributed by atoms with Crippen molar-refractivity contribution < 1.29 is 23.0 Å². The van der Waals surface area contributed by atoms with Crippen LogP contribution < -0.4 is 4.74 Å². The van der Waals surface area contributed by atoms with Crippen LogP contribution in [0.3, 0.4) is 0 Å². The predicted molar refractivity (Wildman–Crippen MR) is 67.7 cm³/mol. The second kappa shape index (κ2) is 5.21. The summed E-state index contributed by atoms with van der Waals surface area (Å²) >= 11 is 5.98. The molecule has 0 saturated heterocycles. The Bertz CT molecular complexity index is 482. The quantitative estimate of drug-likeness (QED) is 0.909. The van der Waals surface area contributed by atoms with Crippen LogP contribution in [0, 0.1) is 13.8 Å². The molecule has 6 heteroatoms. The number of rotatable bonds is 3. The van der Waals surface area contributed by atoms with Gasteiger partial charge in [-0.2, -0.15) is 13.2 Å². The largest absolute Gasteiger partial charge is 0.493 e. The van der Waals surface area contributed by atoms with Crippen molar-refractivity contribution in [3.05, 3.63) is 27.8 Å². The summed E-state index contributed by atoms with van der Waals surface area (Å²) in [5, 5.41) is 10.1. The first-order chi connectivity index (χ1) is 8.54. The van der Waals surface area contributed by atoms with E-state index in [0.29, 0.717) is 12.5 Å². The van der Waals surface area contributed by atoms with Crippen LogP contribution in [0.1, 0.15) is 30.5 Å². The number of aryl methyl sites for hydroxylation is 1. The van der Waals surface area contributed by atoms with Crippen LogP contribution in [0.15, 0.2) is 6.07 Å². The third-order valence-corrected chi connectivity index (χ3v) is 3.56. The van der Waals surface area contributed by atoms with Gasteiger partial charge in [-0.3, -0.25) is 0 Å². The molecule has 0 aliphatic carbocycles. The van der Waals surface area contributed by atoms with Gasteiger partial charge >= 0.3 is 6.18 Å². The summed E-state index contributed by atoms with van der Waals surface area (Å²) in [5.74, 6) is 0.00391. The highest BCUT2D eigenvalue weighted by Gasteiger charge is 2.53. The number of hydrogen-bond donors (Lipinski definition) is 1. The summed E-state index contributed by atoms with van der Waals surface area (Å²) in [5.41, 5.74) is -2.58. The van der Waals surface area contributed by atoms with Crippen molar-refractivity contribution in [1.29, 1.82) is 0 Å². The van der Waals surface area contributed by atoms with Crippen molar-refractivity contribution in [2.75, 3.05) is 6.61 Å². The Labute approximate surface area is 115 Å². The van der Waals surface area contributed by atoms with Gasteiger partial charge in [-0.25, -0.2) is 0 Å². The minimum Gasteiger partial charge on any atom is -0.493 e. The van der Waals surface area contributed by atoms with E-state index in [1.165, 1.54) is 13.0 Å². The van der Waals surface area contributed by atoms with E-state index < -0.39 is 11.8 Å². The molecule has 2 nitrogen and oxygen atoms in total. The third kappa shape index (κ3) is 2.82. The van der Waals surface area contributed by atoms with Crippen molar-refractivity contribution >= 4 is 11.6 Å². The fourth-order valence-electron chi connectivity index (χ4n) is 1.94. The molecule has 1 aromatic rings. The maximum Gasteiger partial charge on any atom is 0.421 e. The molecule has 0 aromatic heterocycles. The molecule has 0 radical (unpaired) electrons. The monoisotopic (exact) mass is 296 g/mol. The van der Waals surface area contributed by atoms with E-state index in [1.54, 1.807) is 13.8 Å². The minimum atomic E-state index is -4.82. The second-order valence-electron chi connectivity index (χ2n) is 4.51. The van der Waals surface area contributed by atoms with Gasteiger partial charge in [-0.05, 0) is 44.9 Å². The summed E-state index contributed by atoms with van der Waals surface area (Å²) in [4.78, 5) is 0. The highest BCUT2D eigenvalue weighted by molar-refractivity contribution is 6.32. The molecule has 0 fully saturated rings. The first kappa shape index (κ1) is 16.1. The van der Waals surface area contributed by atoms with E-state index in [0.717, 1.165) is 0 Å². The summed E-state index contributed by atoms with van der Waals surface area (Å²) in [6.07, 6.45) is -4.82. The molecule has 108 valence electrons. The lowest BCUT2D eigenvalue weighted by Gasteiger charge is -2.30. The number of aliphatic hydroxyl groups is 1. The fourth-order valence-corrected chi connectivity index (χ4v) is 2.09. The summed E-state index contributed by atoms with van der Waals surface area (Å²) in [7, 11) is 0. The first-order valence-electron chi connectivity index (χ1n) is 5.76. The van der Waals surface area contributed by atoms with Crippen LogP contribution >= 0.6 is 11.6 Å². The van der Waals surface area contributed by atoms with Gasteiger partial charge in [0.15, 0.2) is 5.60 Å². The number of alkyl halides is 3. The molecule has 0 heterocycles. The van der Waals surface area contributed by atoms with Crippen molar-refractivity contribution in [2.45, 2.75) is 39.5 Å². The SMILES string of the molecule is CCOc1cc(C)c(Cl)c(C)c1C(C)(O)C(F)(F)F. The lowest BCUT2D eigenvalue weighted by Crippen LogP contribution is -2.40. The zero-order valence-electron chi connectivity index (χ0n) is 11.2. The van der Waals surface area contributed by atoms with E-state index in [-0.39, 0.29) is 28.5 Å². The van der Waals surface area contributed by atoms with Crippen LogP contribution in [0.2, 0.25) is 5.02 Å². The van der Waals surface area contributed by atoms with Gasteiger partial charge in [0.1, 0.15) is 5.75 Å². The molecule has 1 unspecified atom stereocenters. The predicted octanol–water partition coefficient (Wildman–Crippen LogP) is 4.13. The molecule has 0 aliphatic heterocycles. The van der Waals surface area contributed by atoms with E-state index in [9.17, 15) is 18.3 Å². The summed E-state index contributed by atoms with van der Waals surface area (Å²) in [6.45, 7) is 5.66. The van der Waals surface area contributed by atoms with Crippen molar-refractivity contribution in [3.8, 4) is 5.75 Å². The number of hydrogen-bond acceptors (Lipinski definition) is 2. The Morgan fingerprint density at radius 1 is 1.32 bits per heavy atom. The molecule has 0 amide bonds. The molecule has 1 rings (SSSR count). The molecular weight excluding hydrogens is 281 g/mol. The highest BCUT2D eigenvalue weighted by atomic mass is 35.5. The Hall–Kier alpha value is -0.940. The lowest BCUT2D eigenvalue weighted by atomic mass is 9.89. The van der Waals surface area contributed by atoms with Gasteiger partial charge in [-0.1, -0.05) is 11.6 Å². The first-order valence-corrected chi connectivity index (χ1v) is 6.13. The van der Waals surface area contributed by atoms with Crippen LogP contribution in [0.4, 0.5) is 13.2 Å². The van der Waals surface area contributed by atoms with Gasteiger partial charge in [0.05, 0.1) is 6.61 Å². The zero-order valence-corrected chi connectivity index (χ0v) is 11.9. The van der Waals surface area contributed by atoms with Gasteiger partial charge < -0.3 is 9.84 Å². The molecule has 0 saturated carbocycles. The van der Waals surface area contributed by atoms with E-state index in [4.69, 9.17) is 16.3 Å². The van der Waals surface area contributed by atoms with Crippen molar-refractivity contribution in [1.82, 2.24) is 0 Å². The smallest absolute Gasteiger partial charge is 0.421 e. The Kier molecular flexibility index (Phi) is 4.42. The average molecular weight is 297 g/mol. The minimum absolute atomic E-state index is 0.00391. The molecule has 1 N–H and O–H groups in total. The molecule has 1 atom stereocenters. The number of halogens is 4. The summed E-state index contributed by atoms with van der Waals surface area (Å²) < 4.78 is 44.2. The molecule has 0 bridgehead atoms. The lowest BCUT2D eigenvalue weighted by molar-refractivity contribution is -0.259. The Balaban J connectivity index is 3.61. The van der Waals surface area contributed by atoms with Gasteiger partial charge in [0.25, 0.3) is 0 Å². The van der Waals surface area contributed by atoms with Crippen molar-refractivity contribution in [2.24, 2.45) is 0 Å². The Morgan fingerprint density at radius 2 is 1.84 bits per heavy atom. The van der Waals surface area contributed by atoms with E-state index in [2.05, 4.69) is 0 Å². The van der Waals surface area contributed by atoms with Crippen LogP contribution in [0.5, 0.6) is 5.75 Å².